The highest BCUT2D eigenvalue weighted by Gasteiger charge is 2.09. The lowest BCUT2D eigenvalue weighted by Crippen LogP contribution is -2.47. The molecule has 0 radical (unpaired) electrons. The predicted octanol–water partition coefficient (Wildman–Crippen LogP) is 0.444. The Kier molecular flexibility index (Phi) is 8.91. The van der Waals surface area contributed by atoms with Gasteiger partial charge in [-0.1, -0.05) is 0 Å². The number of nitrogens with one attached hydrogen (secondary N) is 4. The molecule has 1 aromatic rings. The average molecular weight is 317 g/mol. The Morgan fingerprint density at radius 1 is 1.00 bits per heavy atom. The van der Waals surface area contributed by atoms with E-state index in [1.54, 1.807) is 0 Å². The van der Waals surface area contributed by atoms with Crippen LogP contribution in [0.15, 0.2) is 0 Å². The van der Waals surface area contributed by atoms with E-state index in [2.05, 4.69) is 36.2 Å². The first-order valence-electron chi connectivity index (χ1n) is 7.23. The van der Waals surface area contributed by atoms with Crippen LogP contribution in [0.2, 0.25) is 5.28 Å². The summed E-state index contributed by atoms with van der Waals surface area (Å²) in [5, 5.41) is 12.4. The SMILES string of the molecule is C1NCNCN1.CCNc1nc(Cl)nc(N(CC)CC)n1. The molecule has 1 aromatic heterocycles. The zero-order chi connectivity index (χ0) is 15.5. The van der Waals surface area contributed by atoms with Crippen molar-refractivity contribution in [3.8, 4) is 0 Å². The van der Waals surface area contributed by atoms with Gasteiger partial charge < -0.3 is 10.2 Å². The van der Waals surface area contributed by atoms with E-state index in [1.165, 1.54) is 0 Å². The lowest BCUT2D eigenvalue weighted by molar-refractivity contribution is 0.443. The molecule has 2 rings (SSSR count). The van der Waals surface area contributed by atoms with Gasteiger partial charge in [0.05, 0.1) is 0 Å². The van der Waals surface area contributed by atoms with E-state index in [9.17, 15) is 0 Å². The van der Waals surface area contributed by atoms with Gasteiger partial charge in [0, 0.05) is 39.6 Å². The Hall–Kier alpha value is -1.22. The lowest BCUT2D eigenvalue weighted by atomic mass is 10.5. The Balaban J connectivity index is 0.000000304. The van der Waals surface area contributed by atoms with Crippen molar-refractivity contribution in [3.05, 3.63) is 5.28 Å². The van der Waals surface area contributed by atoms with Crippen LogP contribution in [0.4, 0.5) is 11.9 Å². The molecule has 0 spiro atoms. The first-order valence-corrected chi connectivity index (χ1v) is 7.61. The van der Waals surface area contributed by atoms with Gasteiger partial charge in [-0.3, -0.25) is 16.0 Å². The minimum absolute atomic E-state index is 0.225. The van der Waals surface area contributed by atoms with Gasteiger partial charge in [-0.2, -0.15) is 15.0 Å². The van der Waals surface area contributed by atoms with Crippen molar-refractivity contribution in [1.29, 1.82) is 0 Å². The standard InChI is InChI=1S/C9H16ClN5.C3H9N3/c1-4-11-8-12-7(10)13-9(14-8)15(5-2)6-3;1-4-2-6-3-5-1/h4-6H2,1-3H3,(H,11,12,13,14);4-6H,1-3H2. The van der Waals surface area contributed by atoms with Gasteiger partial charge >= 0.3 is 0 Å². The van der Waals surface area contributed by atoms with Crippen molar-refractivity contribution in [2.75, 3.05) is 49.9 Å². The van der Waals surface area contributed by atoms with Crippen LogP contribution in [-0.4, -0.2) is 54.6 Å². The molecule has 0 aliphatic carbocycles. The molecule has 120 valence electrons. The van der Waals surface area contributed by atoms with Gasteiger partial charge in [0.1, 0.15) is 0 Å². The van der Waals surface area contributed by atoms with Gasteiger partial charge in [0.25, 0.3) is 0 Å². The molecule has 2 heterocycles. The first kappa shape index (κ1) is 17.8. The maximum atomic E-state index is 5.81. The molecular weight excluding hydrogens is 292 g/mol. The molecule has 0 amide bonds. The molecule has 1 saturated heterocycles. The number of hydrogen-bond donors (Lipinski definition) is 4. The molecule has 0 atom stereocenters. The third-order valence-corrected chi connectivity index (χ3v) is 2.90. The summed E-state index contributed by atoms with van der Waals surface area (Å²) in [6.07, 6.45) is 0. The van der Waals surface area contributed by atoms with Crippen molar-refractivity contribution in [2.45, 2.75) is 20.8 Å². The van der Waals surface area contributed by atoms with Crippen molar-refractivity contribution < 1.29 is 0 Å². The second-order valence-corrected chi connectivity index (χ2v) is 4.55. The molecule has 0 unspecified atom stereocenters. The molecule has 1 aliphatic heterocycles. The zero-order valence-electron chi connectivity index (χ0n) is 12.9. The Labute approximate surface area is 131 Å². The molecule has 0 saturated carbocycles. The average Bonchev–Trinajstić information content (AvgIpc) is 2.51. The number of hydrogen-bond acceptors (Lipinski definition) is 8. The summed E-state index contributed by atoms with van der Waals surface area (Å²) in [6, 6.07) is 0. The molecular formula is C12H25ClN8. The Morgan fingerprint density at radius 2 is 1.57 bits per heavy atom. The summed E-state index contributed by atoms with van der Waals surface area (Å²) in [7, 11) is 0. The monoisotopic (exact) mass is 316 g/mol. The predicted molar refractivity (Wildman–Crippen MR) is 86.6 cm³/mol. The van der Waals surface area contributed by atoms with Gasteiger partial charge in [0.15, 0.2) is 0 Å². The van der Waals surface area contributed by atoms with Gasteiger partial charge in [-0.25, -0.2) is 0 Å². The van der Waals surface area contributed by atoms with Crippen LogP contribution in [0.3, 0.4) is 0 Å². The van der Waals surface area contributed by atoms with E-state index in [1.807, 2.05) is 25.7 Å². The molecule has 1 aliphatic rings. The van der Waals surface area contributed by atoms with Crippen LogP contribution in [0.1, 0.15) is 20.8 Å². The maximum Gasteiger partial charge on any atom is 0.231 e. The minimum atomic E-state index is 0.225. The van der Waals surface area contributed by atoms with Gasteiger partial charge in [0.2, 0.25) is 17.2 Å². The summed E-state index contributed by atoms with van der Waals surface area (Å²) < 4.78 is 0. The van der Waals surface area contributed by atoms with E-state index in [0.29, 0.717) is 11.9 Å². The van der Waals surface area contributed by atoms with Crippen molar-refractivity contribution in [2.24, 2.45) is 0 Å². The largest absolute Gasteiger partial charge is 0.354 e. The molecule has 9 heteroatoms. The van der Waals surface area contributed by atoms with E-state index in [4.69, 9.17) is 11.6 Å². The fourth-order valence-electron chi connectivity index (χ4n) is 1.68. The summed E-state index contributed by atoms with van der Waals surface area (Å²) in [5.74, 6) is 1.15. The fourth-order valence-corrected chi connectivity index (χ4v) is 1.83. The number of halogens is 1. The van der Waals surface area contributed by atoms with Crippen LogP contribution in [0.5, 0.6) is 0 Å². The zero-order valence-corrected chi connectivity index (χ0v) is 13.7. The Morgan fingerprint density at radius 3 is 2.00 bits per heavy atom. The van der Waals surface area contributed by atoms with Crippen LogP contribution >= 0.6 is 11.6 Å². The number of aromatic nitrogens is 3. The van der Waals surface area contributed by atoms with E-state index in [-0.39, 0.29) is 5.28 Å². The highest BCUT2D eigenvalue weighted by molar-refractivity contribution is 6.28. The summed E-state index contributed by atoms with van der Waals surface area (Å²) in [4.78, 5) is 14.4. The van der Waals surface area contributed by atoms with E-state index in [0.717, 1.165) is 39.6 Å². The molecule has 1 fully saturated rings. The summed E-state index contributed by atoms with van der Waals surface area (Å²) >= 11 is 5.81. The van der Waals surface area contributed by atoms with E-state index >= 15 is 0 Å². The number of rotatable bonds is 5. The highest BCUT2D eigenvalue weighted by Crippen LogP contribution is 2.13. The third kappa shape index (κ3) is 6.85. The normalized spacial score (nSPS) is 14.1. The van der Waals surface area contributed by atoms with Crippen LogP contribution in [-0.2, 0) is 0 Å². The number of anilines is 2. The Bertz CT molecular complexity index is 383. The highest BCUT2D eigenvalue weighted by atomic mass is 35.5. The number of nitrogens with zero attached hydrogens (tertiary/aromatic N) is 4. The second kappa shape index (κ2) is 10.5. The lowest BCUT2D eigenvalue weighted by Gasteiger charge is -2.18. The molecule has 0 aromatic carbocycles. The third-order valence-electron chi connectivity index (χ3n) is 2.73. The molecule has 0 bridgehead atoms. The molecule has 4 N–H and O–H groups in total. The topological polar surface area (TPSA) is 90.0 Å². The van der Waals surface area contributed by atoms with Gasteiger partial charge in [-0.15, -0.1) is 0 Å². The second-order valence-electron chi connectivity index (χ2n) is 4.21. The van der Waals surface area contributed by atoms with Crippen LogP contribution < -0.4 is 26.2 Å². The maximum absolute atomic E-state index is 5.81. The van der Waals surface area contributed by atoms with E-state index < -0.39 is 0 Å². The van der Waals surface area contributed by atoms with Crippen LogP contribution in [0.25, 0.3) is 0 Å². The minimum Gasteiger partial charge on any atom is -0.354 e. The summed E-state index contributed by atoms with van der Waals surface area (Å²) in [6.45, 7) is 11.4. The first-order chi connectivity index (χ1) is 10.2. The fraction of sp³-hybridized carbons (Fsp3) is 0.750. The van der Waals surface area contributed by atoms with Crippen LogP contribution in [0, 0.1) is 0 Å². The summed E-state index contributed by atoms with van der Waals surface area (Å²) in [5.41, 5.74) is 0. The van der Waals surface area contributed by atoms with Crippen molar-refractivity contribution in [1.82, 2.24) is 30.9 Å². The molecule has 21 heavy (non-hydrogen) atoms. The van der Waals surface area contributed by atoms with Gasteiger partial charge in [-0.05, 0) is 32.4 Å². The quantitative estimate of drug-likeness (QED) is 0.622. The van der Waals surface area contributed by atoms with Crippen molar-refractivity contribution in [3.63, 3.8) is 0 Å². The van der Waals surface area contributed by atoms with Crippen molar-refractivity contribution >= 4 is 23.5 Å². The molecule has 8 nitrogen and oxygen atoms in total. The smallest absolute Gasteiger partial charge is 0.231 e.